The summed E-state index contributed by atoms with van der Waals surface area (Å²) in [5.41, 5.74) is 0.598. The molecule has 0 bridgehead atoms. The lowest BCUT2D eigenvalue weighted by atomic mass is 9.92. The van der Waals surface area contributed by atoms with Gasteiger partial charge in [-0.2, -0.15) is 0 Å². The van der Waals surface area contributed by atoms with Crippen LogP contribution in [0.1, 0.15) is 18.4 Å². The molecular formula is C22H23FN2O2. The Morgan fingerprint density at radius 3 is 2.78 bits per heavy atom. The van der Waals surface area contributed by atoms with Crippen molar-refractivity contribution in [2.45, 2.75) is 25.4 Å². The van der Waals surface area contributed by atoms with Crippen molar-refractivity contribution < 1.29 is 14.2 Å². The molecule has 0 saturated carbocycles. The van der Waals surface area contributed by atoms with E-state index in [1.165, 1.54) is 0 Å². The lowest BCUT2D eigenvalue weighted by Crippen LogP contribution is -2.48. The second-order valence-corrected chi connectivity index (χ2v) is 7.31. The van der Waals surface area contributed by atoms with Crippen LogP contribution in [0.25, 0.3) is 10.8 Å². The predicted octanol–water partition coefficient (Wildman–Crippen LogP) is 4.09. The molecule has 0 aliphatic carbocycles. The van der Waals surface area contributed by atoms with Crippen LogP contribution >= 0.6 is 0 Å². The van der Waals surface area contributed by atoms with E-state index < -0.39 is 5.60 Å². The van der Waals surface area contributed by atoms with Crippen LogP contribution in [0, 0.1) is 12.7 Å². The SMILES string of the molecule is Cc1ccc(N2CCC(O)(COc3cccc4cnccc34)CC2)c(F)c1. The third-order valence-electron chi connectivity index (χ3n) is 5.28. The summed E-state index contributed by atoms with van der Waals surface area (Å²) in [7, 11) is 0. The molecule has 1 N–H and O–H groups in total. The highest BCUT2D eigenvalue weighted by Gasteiger charge is 2.34. The highest BCUT2D eigenvalue weighted by Crippen LogP contribution is 2.31. The molecule has 1 aromatic heterocycles. The van der Waals surface area contributed by atoms with Crippen LogP contribution in [0.5, 0.6) is 5.75 Å². The van der Waals surface area contributed by atoms with Gasteiger partial charge in [-0.25, -0.2) is 4.39 Å². The number of pyridine rings is 1. The zero-order chi connectivity index (χ0) is 18.9. The number of fused-ring (bicyclic) bond motifs is 1. The van der Waals surface area contributed by atoms with Gasteiger partial charge in [0, 0.05) is 36.3 Å². The standard InChI is InChI=1S/C22H23FN2O2/c1-16-5-6-20(19(23)13-16)25-11-8-22(26,9-12-25)15-27-21-4-2-3-17-14-24-10-7-18(17)21/h2-7,10,13-14,26H,8-9,11-12,15H2,1H3. The number of hydrogen-bond donors (Lipinski definition) is 1. The Balaban J connectivity index is 1.42. The monoisotopic (exact) mass is 366 g/mol. The summed E-state index contributed by atoms with van der Waals surface area (Å²) in [5.74, 6) is 0.538. The van der Waals surface area contributed by atoms with Gasteiger partial charge in [0.25, 0.3) is 0 Å². The van der Waals surface area contributed by atoms with E-state index in [1.54, 1.807) is 18.5 Å². The van der Waals surface area contributed by atoms with Crippen LogP contribution in [0.2, 0.25) is 0 Å². The summed E-state index contributed by atoms with van der Waals surface area (Å²) in [6.45, 7) is 3.29. The molecule has 2 aromatic carbocycles. The molecule has 1 saturated heterocycles. The normalized spacial score (nSPS) is 16.5. The third-order valence-corrected chi connectivity index (χ3v) is 5.28. The van der Waals surface area contributed by atoms with E-state index in [-0.39, 0.29) is 12.4 Å². The Kier molecular flexibility index (Phi) is 4.70. The van der Waals surface area contributed by atoms with E-state index in [1.807, 2.05) is 48.2 Å². The number of ether oxygens (including phenoxy) is 1. The lowest BCUT2D eigenvalue weighted by molar-refractivity contribution is -0.0238. The number of nitrogens with zero attached hydrogens (tertiary/aromatic N) is 2. The van der Waals surface area contributed by atoms with Crippen molar-refractivity contribution in [3.8, 4) is 5.75 Å². The summed E-state index contributed by atoms with van der Waals surface area (Å²) >= 11 is 0. The fourth-order valence-electron chi connectivity index (χ4n) is 3.61. The first-order chi connectivity index (χ1) is 13.0. The zero-order valence-electron chi connectivity index (χ0n) is 15.4. The van der Waals surface area contributed by atoms with Crippen LogP contribution in [-0.4, -0.2) is 35.4 Å². The van der Waals surface area contributed by atoms with Gasteiger partial charge in [0.05, 0.1) is 5.69 Å². The number of aromatic nitrogens is 1. The minimum Gasteiger partial charge on any atom is -0.490 e. The predicted molar refractivity (Wildman–Crippen MR) is 105 cm³/mol. The average Bonchev–Trinajstić information content (AvgIpc) is 2.67. The van der Waals surface area contributed by atoms with Gasteiger partial charge in [-0.3, -0.25) is 4.98 Å². The Morgan fingerprint density at radius 2 is 2.00 bits per heavy atom. The van der Waals surface area contributed by atoms with E-state index in [0.29, 0.717) is 31.6 Å². The minimum atomic E-state index is -0.910. The van der Waals surface area contributed by atoms with Gasteiger partial charge >= 0.3 is 0 Å². The number of rotatable bonds is 4. The molecule has 1 aliphatic heterocycles. The molecule has 1 fully saturated rings. The van der Waals surface area contributed by atoms with Crippen LogP contribution in [0.15, 0.2) is 54.9 Å². The molecular weight excluding hydrogens is 343 g/mol. The molecule has 3 aromatic rings. The molecule has 0 amide bonds. The topological polar surface area (TPSA) is 45.6 Å². The van der Waals surface area contributed by atoms with Crippen molar-refractivity contribution in [1.29, 1.82) is 0 Å². The molecule has 5 heteroatoms. The minimum absolute atomic E-state index is 0.207. The van der Waals surface area contributed by atoms with Crippen LogP contribution in [0.4, 0.5) is 10.1 Å². The molecule has 0 spiro atoms. The summed E-state index contributed by atoms with van der Waals surface area (Å²) in [6, 6.07) is 13.0. The Bertz CT molecular complexity index is 947. The lowest BCUT2D eigenvalue weighted by Gasteiger charge is -2.39. The molecule has 4 nitrogen and oxygen atoms in total. The number of piperidine rings is 1. The van der Waals surface area contributed by atoms with E-state index >= 15 is 0 Å². The molecule has 27 heavy (non-hydrogen) atoms. The van der Waals surface area contributed by atoms with Gasteiger partial charge in [0.2, 0.25) is 0 Å². The first-order valence-corrected chi connectivity index (χ1v) is 9.23. The number of halogens is 1. The molecule has 140 valence electrons. The van der Waals surface area contributed by atoms with E-state index in [9.17, 15) is 9.50 Å². The number of benzene rings is 2. The highest BCUT2D eigenvalue weighted by molar-refractivity contribution is 5.87. The van der Waals surface area contributed by atoms with Gasteiger partial charge < -0.3 is 14.7 Å². The largest absolute Gasteiger partial charge is 0.490 e. The molecule has 1 aliphatic rings. The van der Waals surface area contributed by atoms with Crippen molar-refractivity contribution in [1.82, 2.24) is 4.98 Å². The van der Waals surface area contributed by atoms with Crippen molar-refractivity contribution in [2.24, 2.45) is 0 Å². The fourth-order valence-corrected chi connectivity index (χ4v) is 3.61. The van der Waals surface area contributed by atoms with Crippen molar-refractivity contribution in [2.75, 3.05) is 24.6 Å². The third kappa shape index (κ3) is 3.74. The summed E-state index contributed by atoms with van der Waals surface area (Å²) in [4.78, 5) is 6.12. The smallest absolute Gasteiger partial charge is 0.146 e. The van der Waals surface area contributed by atoms with E-state index in [0.717, 1.165) is 22.1 Å². The molecule has 0 unspecified atom stereocenters. The second kappa shape index (κ2) is 7.16. The highest BCUT2D eigenvalue weighted by atomic mass is 19.1. The maximum Gasteiger partial charge on any atom is 0.146 e. The first kappa shape index (κ1) is 17.7. The summed E-state index contributed by atoms with van der Waals surface area (Å²) in [5, 5.41) is 12.9. The number of aliphatic hydroxyl groups is 1. The average molecular weight is 366 g/mol. The Labute approximate surface area is 158 Å². The van der Waals surface area contributed by atoms with Crippen molar-refractivity contribution in [3.05, 3.63) is 66.2 Å². The Hall–Kier alpha value is -2.66. The number of hydrogen-bond acceptors (Lipinski definition) is 4. The van der Waals surface area contributed by atoms with Gasteiger partial charge in [0.1, 0.15) is 23.8 Å². The summed E-state index contributed by atoms with van der Waals surface area (Å²) < 4.78 is 20.2. The van der Waals surface area contributed by atoms with E-state index in [2.05, 4.69) is 4.98 Å². The zero-order valence-corrected chi connectivity index (χ0v) is 15.4. The first-order valence-electron chi connectivity index (χ1n) is 9.23. The molecule has 0 atom stereocenters. The van der Waals surface area contributed by atoms with Crippen molar-refractivity contribution >= 4 is 16.5 Å². The quantitative estimate of drug-likeness (QED) is 0.755. The van der Waals surface area contributed by atoms with Gasteiger partial charge in [-0.1, -0.05) is 18.2 Å². The van der Waals surface area contributed by atoms with Gasteiger partial charge in [0.15, 0.2) is 0 Å². The van der Waals surface area contributed by atoms with Crippen LogP contribution < -0.4 is 9.64 Å². The number of anilines is 1. The molecule has 4 rings (SSSR count). The van der Waals surface area contributed by atoms with Crippen LogP contribution in [-0.2, 0) is 0 Å². The summed E-state index contributed by atoms with van der Waals surface area (Å²) in [6.07, 6.45) is 4.60. The molecule has 0 radical (unpaired) electrons. The van der Waals surface area contributed by atoms with Gasteiger partial charge in [-0.05, 0) is 49.6 Å². The van der Waals surface area contributed by atoms with E-state index in [4.69, 9.17) is 4.74 Å². The van der Waals surface area contributed by atoms with Crippen molar-refractivity contribution in [3.63, 3.8) is 0 Å². The fraction of sp³-hybridized carbons (Fsp3) is 0.318. The maximum absolute atomic E-state index is 14.2. The number of aryl methyl sites for hydroxylation is 1. The Morgan fingerprint density at radius 1 is 1.19 bits per heavy atom. The van der Waals surface area contributed by atoms with Crippen LogP contribution in [0.3, 0.4) is 0 Å². The second-order valence-electron chi connectivity index (χ2n) is 7.31. The van der Waals surface area contributed by atoms with Gasteiger partial charge in [-0.15, -0.1) is 0 Å². The maximum atomic E-state index is 14.2. The molecule has 2 heterocycles.